The van der Waals surface area contributed by atoms with E-state index in [0.717, 1.165) is 22.3 Å². The Balaban J connectivity index is 1.26. The summed E-state index contributed by atoms with van der Waals surface area (Å²) < 4.78 is 1.39. The van der Waals surface area contributed by atoms with Crippen molar-refractivity contribution in [3.05, 3.63) is 143 Å². The molecule has 0 saturated carbocycles. The summed E-state index contributed by atoms with van der Waals surface area (Å²) >= 11 is 1.77. The Kier molecular flexibility index (Phi) is 6.79. The van der Waals surface area contributed by atoms with Crippen LogP contribution in [0.2, 0.25) is 0 Å². The van der Waals surface area contributed by atoms with Crippen LogP contribution >= 0.6 is 11.8 Å². The molecule has 2 fully saturated rings. The summed E-state index contributed by atoms with van der Waals surface area (Å²) in [7, 11) is 0. The quantitative estimate of drug-likeness (QED) is 0.192. The van der Waals surface area contributed by atoms with Crippen LogP contribution in [-0.4, -0.2) is 52.3 Å². The number of β-lactam (4-membered cyclic amide) rings is 1. The van der Waals surface area contributed by atoms with Crippen LogP contribution in [0.15, 0.2) is 115 Å². The predicted molar refractivity (Wildman–Crippen MR) is 166 cm³/mol. The van der Waals surface area contributed by atoms with Crippen LogP contribution < -0.4 is 5.32 Å². The van der Waals surface area contributed by atoms with E-state index in [4.69, 9.17) is 0 Å². The maximum atomic E-state index is 14.3. The molecule has 0 radical (unpaired) electrons. The molecule has 9 heteroatoms. The number of hydrogen-bond donors (Lipinski definition) is 2. The number of fused-ring (bicyclic) bond motifs is 1. The van der Waals surface area contributed by atoms with Crippen LogP contribution in [0.4, 0.5) is 0 Å². The van der Waals surface area contributed by atoms with E-state index < -0.39 is 11.6 Å². The monoisotopic (exact) mass is 588 g/mol. The van der Waals surface area contributed by atoms with Crippen LogP contribution in [0.1, 0.15) is 48.0 Å². The molecule has 0 spiro atoms. The number of phenolic OH excluding ortho intramolecular Hbond substituents is 1. The van der Waals surface area contributed by atoms with Gasteiger partial charge in [-0.25, -0.2) is 4.68 Å². The fourth-order valence-corrected chi connectivity index (χ4v) is 8.19. The van der Waals surface area contributed by atoms with Crippen molar-refractivity contribution in [3.63, 3.8) is 0 Å². The minimum Gasteiger partial charge on any atom is -0.508 e. The first-order valence-electron chi connectivity index (χ1n) is 14.4. The number of carbonyl (C=O) groups is 1. The molecule has 2 aliphatic rings. The van der Waals surface area contributed by atoms with Crippen LogP contribution in [0.3, 0.4) is 0 Å². The number of carbonyl (C=O) groups excluding carboxylic acids is 1. The maximum absolute atomic E-state index is 14.3. The zero-order chi connectivity index (χ0) is 29.6. The van der Waals surface area contributed by atoms with E-state index in [1.807, 2.05) is 65.6 Å². The number of amides is 1. The summed E-state index contributed by atoms with van der Waals surface area (Å²) in [4.78, 5) is 16.2. The van der Waals surface area contributed by atoms with E-state index in [1.165, 1.54) is 0 Å². The van der Waals surface area contributed by atoms with Gasteiger partial charge in [-0.1, -0.05) is 103 Å². The maximum Gasteiger partial charge on any atom is 0.244 e. The van der Waals surface area contributed by atoms with Crippen molar-refractivity contribution >= 4 is 17.7 Å². The third-order valence-electron chi connectivity index (χ3n) is 8.48. The molecule has 1 amide bonds. The fourth-order valence-electron chi connectivity index (χ4n) is 6.56. The number of rotatable bonds is 8. The largest absolute Gasteiger partial charge is 0.508 e. The highest BCUT2D eigenvalue weighted by molar-refractivity contribution is 8.01. The number of aromatic hydroxyl groups is 1. The van der Waals surface area contributed by atoms with Gasteiger partial charge in [0.2, 0.25) is 5.91 Å². The van der Waals surface area contributed by atoms with E-state index in [-0.39, 0.29) is 27.8 Å². The van der Waals surface area contributed by atoms with E-state index in [9.17, 15) is 9.90 Å². The Morgan fingerprint density at radius 2 is 1.44 bits per heavy atom. The first kappa shape index (κ1) is 27.4. The number of thioether (sulfide) groups is 1. The SMILES string of the molecule is CC1(C)SC2C(NC(c3ccccc3)(c3ccccc3)c3ccccc3)C(=O)N2C1c1nnnn1Cc1cccc(O)c1. The molecule has 7 rings (SSSR count). The van der Waals surface area contributed by atoms with Crippen LogP contribution in [0, 0.1) is 0 Å². The molecule has 2 aliphatic heterocycles. The molecule has 3 atom stereocenters. The molecular weight excluding hydrogens is 556 g/mol. The average molecular weight is 589 g/mol. The number of aromatic nitrogens is 4. The molecule has 8 nitrogen and oxygen atoms in total. The molecule has 2 saturated heterocycles. The molecule has 0 bridgehead atoms. The number of benzene rings is 4. The first-order valence-corrected chi connectivity index (χ1v) is 15.2. The van der Waals surface area contributed by atoms with Crippen molar-refractivity contribution in [2.45, 2.75) is 48.1 Å². The number of hydrogen-bond acceptors (Lipinski definition) is 7. The van der Waals surface area contributed by atoms with Gasteiger partial charge in [0.05, 0.1) is 12.1 Å². The molecule has 216 valence electrons. The normalized spacial score (nSPS) is 20.9. The molecular formula is C34H32N6O2S. The van der Waals surface area contributed by atoms with Crippen molar-refractivity contribution in [3.8, 4) is 5.75 Å². The van der Waals surface area contributed by atoms with E-state index in [1.54, 1.807) is 34.6 Å². The van der Waals surface area contributed by atoms with Gasteiger partial charge in [-0.15, -0.1) is 16.9 Å². The lowest BCUT2D eigenvalue weighted by atomic mass is 9.76. The Hall–Kier alpha value is -4.47. The summed E-state index contributed by atoms with van der Waals surface area (Å²) in [6.45, 7) is 4.69. The summed E-state index contributed by atoms with van der Waals surface area (Å²) in [5, 5.41) is 26.4. The van der Waals surface area contributed by atoms with Gasteiger partial charge in [0.15, 0.2) is 5.82 Å². The van der Waals surface area contributed by atoms with Crippen LogP contribution in [0.5, 0.6) is 5.75 Å². The highest BCUT2D eigenvalue weighted by Gasteiger charge is 2.64. The number of nitrogens with zero attached hydrogens (tertiary/aromatic N) is 5. The van der Waals surface area contributed by atoms with Gasteiger partial charge in [0.25, 0.3) is 0 Å². The molecule has 3 unspecified atom stereocenters. The van der Waals surface area contributed by atoms with Crippen molar-refractivity contribution in [1.29, 1.82) is 0 Å². The zero-order valence-corrected chi connectivity index (χ0v) is 24.7. The standard InChI is InChI=1S/C34H32N6O2S/c1-33(2)29(30-36-37-38-39(30)22-23-13-12-20-27(41)21-23)40-31(42)28(32(40)43-33)35-34(24-14-6-3-7-15-24,25-16-8-4-9-17-25)26-18-10-5-11-19-26/h3-21,28-29,32,35,41H,22H2,1-2H3. The van der Waals surface area contributed by atoms with Crippen LogP contribution in [-0.2, 0) is 16.9 Å². The molecule has 1 aromatic heterocycles. The van der Waals surface area contributed by atoms with Gasteiger partial charge in [-0.3, -0.25) is 10.1 Å². The third-order valence-corrected chi connectivity index (χ3v) is 10.1. The number of tetrazole rings is 1. The molecule has 2 N–H and O–H groups in total. The lowest BCUT2D eigenvalue weighted by Gasteiger charge is -2.49. The molecule has 3 heterocycles. The molecule has 4 aromatic carbocycles. The van der Waals surface area contributed by atoms with Crippen LogP contribution in [0.25, 0.3) is 0 Å². The van der Waals surface area contributed by atoms with Gasteiger partial charge < -0.3 is 10.0 Å². The minimum absolute atomic E-state index is 0.0205. The zero-order valence-electron chi connectivity index (χ0n) is 23.9. The molecule has 0 aliphatic carbocycles. The summed E-state index contributed by atoms with van der Waals surface area (Å²) in [5.74, 6) is 0.845. The predicted octanol–water partition coefficient (Wildman–Crippen LogP) is 5.11. The highest BCUT2D eigenvalue weighted by atomic mass is 32.2. The highest BCUT2D eigenvalue weighted by Crippen LogP contribution is 2.57. The topological polar surface area (TPSA) is 96.2 Å². The Labute approximate surface area is 254 Å². The van der Waals surface area contributed by atoms with E-state index >= 15 is 0 Å². The third kappa shape index (κ3) is 4.60. The second-order valence-corrected chi connectivity index (χ2v) is 13.4. The van der Waals surface area contributed by atoms with E-state index in [2.05, 4.69) is 71.1 Å². The van der Waals surface area contributed by atoms with Gasteiger partial charge >= 0.3 is 0 Å². The smallest absolute Gasteiger partial charge is 0.244 e. The van der Waals surface area contributed by atoms with Crippen molar-refractivity contribution in [1.82, 2.24) is 30.4 Å². The average Bonchev–Trinajstić information content (AvgIpc) is 3.57. The molecule has 43 heavy (non-hydrogen) atoms. The first-order chi connectivity index (χ1) is 20.9. The Bertz CT molecular complexity index is 1650. The summed E-state index contributed by atoms with van der Waals surface area (Å²) in [6, 6.07) is 37.4. The van der Waals surface area contributed by atoms with Gasteiger partial charge in [0, 0.05) is 4.75 Å². The summed E-state index contributed by atoms with van der Waals surface area (Å²) in [5.41, 5.74) is 3.31. The second kappa shape index (κ2) is 10.7. The Morgan fingerprint density at radius 3 is 2.00 bits per heavy atom. The fraction of sp³-hybridized carbons (Fsp3) is 0.235. The van der Waals surface area contributed by atoms with Crippen molar-refractivity contribution in [2.75, 3.05) is 0 Å². The van der Waals surface area contributed by atoms with Gasteiger partial charge in [0.1, 0.15) is 23.2 Å². The van der Waals surface area contributed by atoms with Gasteiger partial charge in [-0.2, -0.15) is 0 Å². The number of phenols is 1. The number of nitrogens with one attached hydrogen (secondary N) is 1. The van der Waals surface area contributed by atoms with Crippen molar-refractivity contribution in [2.24, 2.45) is 0 Å². The lowest BCUT2D eigenvalue weighted by Crippen LogP contribution is -2.70. The Morgan fingerprint density at radius 1 is 0.860 bits per heavy atom. The minimum atomic E-state index is -0.754. The lowest BCUT2D eigenvalue weighted by molar-refractivity contribution is -0.150. The molecule has 5 aromatic rings. The van der Waals surface area contributed by atoms with E-state index in [0.29, 0.717) is 12.4 Å². The van der Waals surface area contributed by atoms with Gasteiger partial charge in [-0.05, 0) is 58.7 Å². The second-order valence-electron chi connectivity index (χ2n) is 11.6. The van der Waals surface area contributed by atoms with Crippen molar-refractivity contribution < 1.29 is 9.90 Å². The summed E-state index contributed by atoms with van der Waals surface area (Å²) in [6.07, 6.45) is 0.